The van der Waals surface area contributed by atoms with Crippen molar-refractivity contribution in [3.8, 4) is 11.3 Å². The average molecular weight is 281 g/mol. The minimum absolute atomic E-state index is 0.481. The Kier molecular flexibility index (Phi) is 3.77. The second-order valence-electron chi connectivity index (χ2n) is 4.90. The summed E-state index contributed by atoms with van der Waals surface area (Å²) in [5.74, 6) is -0.481. The fourth-order valence-electron chi connectivity index (χ4n) is 2.18. The molecule has 1 N–H and O–H groups in total. The Labute approximate surface area is 122 Å². The molecule has 0 saturated carbocycles. The Hall–Kier alpha value is -2.49. The predicted molar refractivity (Wildman–Crippen MR) is 83.7 cm³/mol. The van der Waals surface area contributed by atoms with Gasteiger partial charge in [0, 0.05) is 29.4 Å². The van der Waals surface area contributed by atoms with E-state index in [0.29, 0.717) is 0 Å². The zero-order chi connectivity index (χ0) is 14.7. The van der Waals surface area contributed by atoms with Gasteiger partial charge in [0.2, 0.25) is 5.95 Å². The van der Waals surface area contributed by atoms with Crippen molar-refractivity contribution in [3.63, 3.8) is 0 Å². The maximum Gasteiger partial charge on any atom is 0.212 e. The van der Waals surface area contributed by atoms with Gasteiger partial charge in [-0.25, -0.2) is 9.97 Å². The molecule has 0 atom stereocenters. The van der Waals surface area contributed by atoms with E-state index in [0.717, 1.165) is 40.8 Å². The molecule has 0 amide bonds. The summed E-state index contributed by atoms with van der Waals surface area (Å²) in [6, 6.07) is 13.1. The van der Waals surface area contributed by atoms with Crippen molar-refractivity contribution in [3.05, 3.63) is 54.6 Å². The van der Waals surface area contributed by atoms with Gasteiger partial charge >= 0.3 is 0 Å². The fourth-order valence-corrected chi connectivity index (χ4v) is 2.18. The molecule has 2 aromatic heterocycles. The summed E-state index contributed by atoms with van der Waals surface area (Å²) < 4.78 is 12.9. The van der Waals surface area contributed by atoms with E-state index in [1.165, 1.54) is 12.3 Å². The number of hydrogen-bond donors (Lipinski definition) is 1. The number of benzene rings is 1. The van der Waals surface area contributed by atoms with Crippen molar-refractivity contribution in [2.24, 2.45) is 0 Å². The summed E-state index contributed by atoms with van der Waals surface area (Å²) >= 11 is 0. The predicted octanol–water partition coefficient (Wildman–Crippen LogP) is 4.26. The lowest BCUT2D eigenvalue weighted by molar-refractivity contribution is 0.584. The molecule has 0 fully saturated rings. The van der Waals surface area contributed by atoms with Crippen LogP contribution in [0.2, 0.25) is 0 Å². The molecule has 3 aromatic rings. The van der Waals surface area contributed by atoms with E-state index in [4.69, 9.17) is 0 Å². The van der Waals surface area contributed by atoms with Crippen LogP contribution in [0.15, 0.2) is 48.7 Å². The normalized spacial score (nSPS) is 10.8. The van der Waals surface area contributed by atoms with Gasteiger partial charge < -0.3 is 5.32 Å². The number of hydrogen-bond acceptors (Lipinski definition) is 3. The minimum atomic E-state index is -0.481. The van der Waals surface area contributed by atoms with E-state index in [-0.39, 0.29) is 0 Å². The van der Waals surface area contributed by atoms with E-state index in [9.17, 15) is 4.39 Å². The third-order valence-electron chi connectivity index (χ3n) is 3.29. The molecule has 21 heavy (non-hydrogen) atoms. The van der Waals surface area contributed by atoms with Crippen LogP contribution in [-0.4, -0.2) is 16.5 Å². The van der Waals surface area contributed by atoms with Crippen LogP contribution in [0.5, 0.6) is 0 Å². The molecule has 3 nitrogen and oxygen atoms in total. The van der Waals surface area contributed by atoms with Crippen LogP contribution in [0, 0.1) is 5.95 Å². The number of anilines is 1. The number of fused-ring (bicyclic) bond motifs is 1. The molecule has 4 heteroatoms. The first-order chi connectivity index (χ1) is 10.3. The van der Waals surface area contributed by atoms with Gasteiger partial charge in [-0.3, -0.25) is 0 Å². The van der Waals surface area contributed by atoms with Crippen LogP contribution in [-0.2, 0) is 0 Å². The van der Waals surface area contributed by atoms with Crippen molar-refractivity contribution in [2.45, 2.75) is 13.3 Å². The lowest BCUT2D eigenvalue weighted by atomic mass is 10.1. The van der Waals surface area contributed by atoms with Crippen LogP contribution in [0.1, 0.15) is 13.3 Å². The molecule has 0 spiro atoms. The molecule has 3 rings (SSSR count). The van der Waals surface area contributed by atoms with E-state index in [1.54, 1.807) is 6.07 Å². The Morgan fingerprint density at radius 1 is 1.10 bits per heavy atom. The summed E-state index contributed by atoms with van der Waals surface area (Å²) in [5.41, 5.74) is 3.58. The first kappa shape index (κ1) is 13.5. The Morgan fingerprint density at radius 2 is 1.95 bits per heavy atom. The molecule has 0 bridgehead atoms. The van der Waals surface area contributed by atoms with Crippen LogP contribution in [0.3, 0.4) is 0 Å². The molecule has 106 valence electrons. The number of nitrogens with one attached hydrogen (secondary N) is 1. The highest BCUT2D eigenvalue weighted by Crippen LogP contribution is 2.22. The number of halogens is 1. The molecule has 0 aliphatic heterocycles. The molecular weight excluding hydrogens is 265 g/mol. The van der Waals surface area contributed by atoms with Gasteiger partial charge in [-0.05, 0) is 36.8 Å². The van der Waals surface area contributed by atoms with Crippen LogP contribution >= 0.6 is 0 Å². The first-order valence-corrected chi connectivity index (χ1v) is 7.03. The molecule has 2 heterocycles. The Morgan fingerprint density at radius 3 is 2.71 bits per heavy atom. The summed E-state index contributed by atoms with van der Waals surface area (Å²) in [6.07, 6.45) is 2.58. The third kappa shape index (κ3) is 2.99. The van der Waals surface area contributed by atoms with Gasteiger partial charge in [0.15, 0.2) is 0 Å². The van der Waals surface area contributed by atoms with Gasteiger partial charge in [0.05, 0.1) is 11.2 Å². The van der Waals surface area contributed by atoms with Gasteiger partial charge in [0.1, 0.15) is 0 Å². The highest BCUT2D eigenvalue weighted by atomic mass is 19.1. The summed E-state index contributed by atoms with van der Waals surface area (Å²) in [6.45, 7) is 3.07. The van der Waals surface area contributed by atoms with Crippen LogP contribution < -0.4 is 5.32 Å². The molecular formula is C17H16FN3. The molecule has 0 unspecified atom stereocenters. The maximum absolute atomic E-state index is 12.9. The Balaban J connectivity index is 1.99. The average Bonchev–Trinajstić information content (AvgIpc) is 2.53. The zero-order valence-corrected chi connectivity index (χ0v) is 11.8. The highest BCUT2D eigenvalue weighted by molar-refractivity contribution is 5.84. The first-order valence-electron chi connectivity index (χ1n) is 7.03. The largest absolute Gasteiger partial charge is 0.385 e. The van der Waals surface area contributed by atoms with Crippen LogP contribution in [0.25, 0.3) is 22.2 Å². The number of pyridine rings is 2. The van der Waals surface area contributed by atoms with Crippen molar-refractivity contribution >= 4 is 16.6 Å². The number of nitrogens with zero attached hydrogens (tertiary/aromatic N) is 2. The van der Waals surface area contributed by atoms with Crippen molar-refractivity contribution < 1.29 is 4.39 Å². The number of rotatable bonds is 4. The Bertz CT molecular complexity index is 754. The topological polar surface area (TPSA) is 37.8 Å². The molecule has 0 radical (unpaired) electrons. The van der Waals surface area contributed by atoms with Gasteiger partial charge in [-0.2, -0.15) is 4.39 Å². The molecule has 0 aliphatic rings. The van der Waals surface area contributed by atoms with Crippen LogP contribution in [0.4, 0.5) is 10.1 Å². The molecule has 1 aromatic carbocycles. The van der Waals surface area contributed by atoms with Gasteiger partial charge in [-0.15, -0.1) is 0 Å². The van der Waals surface area contributed by atoms with E-state index < -0.39 is 5.95 Å². The van der Waals surface area contributed by atoms with Gasteiger partial charge in [-0.1, -0.05) is 19.1 Å². The second-order valence-corrected chi connectivity index (χ2v) is 4.90. The summed E-state index contributed by atoms with van der Waals surface area (Å²) in [7, 11) is 0. The van der Waals surface area contributed by atoms with Crippen molar-refractivity contribution in [2.75, 3.05) is 11.9 Å². The monoisotopic (exact) mass is 281 g/mol. The molecule has 0 saturated heterocycles. The maximum atomic E-state index is 12.9. The smallest absolute Gasteiger partial charge is 0.212 e. The van der Waals surface area contributed by atoms with Crippen molar-refractivity contribution in [1.82, 2.24) is 9.97 Å². The lowest BCUT2D eigenvalue weighted by Crippen LogP contribution is -1.99. The third-order valence-corrected chi connectivity index (χ3v) is 3.29. The van der Waals surface area contributed by atoms with Gasteiger partial charge in [0.25, 0.3) is 0 Å². The zero-order valence-electron chi connectivity index (χ0n) is 11.8. The molecule has 0 aliphatic carbocycles. The van der Waals surface area contributed by atoms with Crippen molar-refractivity contribution in [1.29, 1.82) is 0 Å². The lowest BCUT2D eigenvalue weighted by Gasteiger charge is -2.07. The quantitative estimate of drug-likeness (QED) is 0.726. The minimum Gasteiger partial charge on any atom is -0.385 e. The fraction of sp³-hybridized carbons (Fsp3) is 0.176. The van der Waals surface area contributed by atoms with E-state index in [2.05, 4.69) is 28.3 Å². The summed E-state index contributed by atoms with van der Waals surface area (Å²) in [4.78, 5) is 8.32. The summed E-state index contributed by atoms with van der Waals surface area (Å²) in [5, 5.41) is 4.43. The van der Waals surface area contributed by atoms with E-state index >= 15 is 0 Å². The SMILES string of the molecule is CCCNc1ccc2ccc(-c3ccc(F)nc3)nc2c1. The van der Waals surface area contributed by atoms with E-state index in [1.807, 2.05) is 24.3 Å². The standard InChI is InChI=1S/C17H16FN3/c1-2-9-19-14-6-3-12-4-7-15(21-16(12)10-14)13-5-8-17(18)20-11-13/h3-8,10-11,19H,2,9H2,1H3. The highest BCUT2D eigenvalue weighted by Gasteiger charge is 2.03. The number of aromatic nitrogens is 2. The second kappa shape index (κ2) is 5.87.